The average molecular weight is 385 g/mol. The lowest BCUT2D eigenvalue weighted by Crippen LogP contribution is -2.12. The number of esters is 1. The molecule has 0 aliphatic heterocycles. The molecule has 3 rings (SSSR count). The molecule has 0 amide bonds. The highest BCUT2D eigenvalue weighted by Gasteiger charge is 2.15. The Hall–Kier alpha value is -2.97. The maximum atomic E-state index is 11.6. The summed E-state index contributed by atoms with van der Waals surface area (Å²) in [5.41, 5.74) is 3.30. The van der Waals surface area contributed by atoms with Gasteiger partial charge in [-0.25, -0.2) is 18.2 Å². The van der Waals surface area contributed by atoms with Crippen LogP contribution in [0.5, 0.6) is 5.88 Å². The van der Waals surface area contributed by atoms with Crippen molar-refractivity contribution in [2.75, 3.05) is 0 Å². The largest absolute Gasteiger partial charge is 0.406 e. The molecular formula is C19H19N3O4S. The molecule has 7 nitrogen and oxygen atoms in total. The first-order valence-corrected chi connectivity index (χ1v) is 9.83. The van der Waals surface area contributed by atoms with Gasteiger partial charge in [-0.1, -0.05) is 36.8 Å². The Balaban J connectivity index is 2.09. The lowest BCUT2D eigenvalue weighted by Gasteiger charge is -2.08. The predicted octanol–water partition coefficient (Wildman–Crippen LogP) is 2.81. The minimum absolute atomic E-state index is 0.00734. The third-order valence-electron chi connectivity index (χ3n) is 3.95. The van der Waals surface area contributed by atoms with E-state index in [-0.39, 0.29) is 23.2 Å². The summed E-state index contributed by atoms with van der Waals surface area (Å²) in [5, 5.41) is 9.50. The minimum Gasteiger partial charge on any atom is -0.406 e. The van der Waals surface area contributed by atoms with Crippen molar-refractivity contribution in [3.63, 3.8) is 0 Å². The van der Waals surface area contributed by atoms with E-state index in [1.165, 1.54) is 12.1 Å². The topological polar surface area (TPSA) is 104 Å². The molecule has 1 heterocycles. The van der Waals surface area contributed by atoms with E-state index in [2.05, 4.69) is 5.10 Å². The summed E-state index contributed by atoms with van der Waals surface area (Å²) in [6.07, 6.45) is 0.232. The summed E-state index contributed by atoms with van der Waals surface area (Å²) in [6.45, 7) is 3.69. The molecule has 1 aromatic heterocycles. The fourth-order valence-corrected chi connectivity index (χ4v) is 3.02. The molecule has 0 bridgehead atoms. The first kappa shape index (κ1) is 18.8. The highest BCUT2D eigenvalue weighted by atomic mass is 32.2. The smallest absolute Gasteiger partial charge is 0.312 e. The predicted molar refractivity (Wildman–Crippen MR) is 101 cm³/mol. The van der Waals surface area contributed by atoms with Crippen molar-refractivity contribution in [3.05, 3.63) is 60.2 Å². The van der Waals surface area contributed by atoms with E-state index < -0.39 is 10.0 Å². The van der Waals surface area contributed by atoms with Gasteiger partial charge in [0.25, 0.3) is 0 Å². The Morgan fingerprint density at radius 1 is 1.11 bits per heavy atom. The molecular weight excluding hydrogens is 366 g/mol. The van der Waals surface area contributed by atoms with Gasteiger partial charge in [-0.3, -0.25) is 4.79 Å². The van der Waals surface area contributed by atoms with Crippen molar-refractivity contribution < 1.29 is 17.9 Å². The number of ether oxygens (including phenoxy) is 1. The summed E-state index contributed by atoms with van der Waals surface area (Å²) in [6, 6.07) is 15.5. The Bertz CT molecular complexity index is 1070. The van der Waals surface area contributed by atoms with Gasteiger partial charge in [-0.05, 0) is 31.2 Å². The van der Waals surface area contributed by atoms with Crippen LogP contribution in [-0.4, -0.2) is 24.2 Å². The van der Waals surface area contributed by atoms with Gasteiger partial charge in [0.1, 0.15) is 0 Å². The second kappa shape index (κ2) is 7.34. The van der Waals surface area contributed by atoms with Crippen molar-refractivity contribution >= 4 is 16.0 Å². The molecule has 0 saturated heterocycles. The van der Waals surface area contributed by atoms with Gasteiger partial charge in [-0.15, -0.1) is 5.10 Å². The third-order valence-corrected chi connectivity index (χ3v) is 4.88. The monoisotopic (exact) mass is 385 g/mol. The molecule has 0 aliphatic rings. The lowest BCUT2D eigenvalue weighted by atomic mass is 10.1. The van der Waals surface area contributed by atoms with E-state index in [1.807, 2.05) is 31.2 Å². The Morgan fingerprint density at radius 3 is 2.30 bits per heavy atom. The van der Waals surface area contributed by atoms with Crippen molar-refractivity contribution in [1.82, 2.24) is 9.78 Å². The molecule has 0 unspecified atom stereocenters. The van der Waals surface area contributed by atoms with Crippen molar-refractivity contribution in [2.45, 2.75) is 25.2 Å². The van der Waals surface area contributed by atoms with E-state index in [9.17, 15) is 13.2 Å². The molecule has 2 aromatic carbocycles. The summed E-state index contributed by atoms with van der Waals surface area (Å²) in [5.74, 6) is -0.215. The quantitative estimate of drug-likeness (QED) is 0.680. The average Bonchev–Trinajstić information content (AvgIpc) is 3.05. The number of aromatic nitrogens is 2. The minimum atomic E-state index is -3.78. The number of benzene rings is 2. The lowest BCUT2D eigenvalue weighted by molar-refractivity contribution is -0.134. The number of nitrogens with two attached hydrogens (primary N) is 1. The second-order valence-corrected chi connectivity index (χ2v) is 7.57. The maximum Gasteiger partial charge on any atom is 0.312 e. The zero-order valence-electron chi connectivity index (χ0n) is 14.9. The van der Waals surface area contributed by atoms with Crippen LogP contribution >= 0.6 is 0 Å². The number of sulfonamides is 1. The normalized spacial score (nSPS) is 11.4. The van der Waals surface area contributed by atoms with E-state index in [4.69, 9.17) is 9.88 Å². The van der Waals surface area contributed by atoms with Crippen LogP contribution in [0.15, 0.2) is 59.5 Å². The molecule has 0 atom stereocenters. The number of hydrogen-bond donors (Lipinski definition) is 1. The number of carbonyl (C=O) groups is 1. The standard InChI is InChI=1S/C19H19N3O4S/c1-3-19(23)26-18-12-17(14-6-4-13(2)5-7-14)22(21-18)15-8-10-16(11-9-15)27(20,24)25/h4-12H,3H2,1-2H3,(H2,20,24,25). The molecule has 0 spiro atoms. The van der Waals surface area contributed by atoms with Gasteiger partial charge in [0.05, 0.1) is 16.3 Å². The zero-order chi connectivity index (χ0) is 19.6. The molecule has 0 radical (unpaired) electrons. The van der Waals surface area contributed by atoms with Crippen LogP contribution < -0.4 is 9.88 Å². The highest BCUT2D eigenvalue weighted by molar-refractivity contribution is 7.89. The second-order valence-electron chi connectivity index (χ2n) is 6.01. The number of nitrogens with zero attached hydrogens (tertiary/aromatic N) is 2. The van der Waals surface area contributed by atoms with Crippen LogP contribution in [-0.2, 0) is 14.8 Å². The van der Waals surface area contributed by atoms with Crippen LogP contribution in [0.1, 0.15) is 18.9 Å². The van der Waals surface area contributed by atoms with Crippen LogP contribution in [0.25, 0.3) is 16.9 Å². The molecule has 0 aliphatic carbocycles. The molecule has 2 N–H and O–H groups in total. The number of aryl methyl sites for hydroxylation is 1. The van der Waals surface area contributed by atoms with Gasteiger partial charge < -0.3 is 4.74 Å². The highest BCUT2D eigenvalue weighted by Crippen LogP contribution is 2.28. The fourth-order valence-electron chi connectivity index (χ4n) is 2.50. The first-order chi connectivity index (χ1) is 12.8. The summed E-state index contributed by atoms with van der Waals surface area (Å²) < 4.78 is 29.8. The summed E-state index contributed by atoms with van der Waals surface area (Å²) >= 11 is 0. The Kier molecular flexibility index (Phi) is 5.11. The molecule has 140 valence electrons. The molecule has 8 heteroatoms. The van der Waals surface area contributed by atoms with Crippen LogP contribution in [0.2, 0.25) is 0 Å². The number of primary sulfonamides is 1. The molecule has 3 aromatic rings. The Morgan fingerprint density at radius 2 is 1.74 bits per heavy atom. The fraction of sp³-hybridized carbons (Fsp3) is 0.158. The molecule has 0 fully saturated rings. The van der Waals surface area contributed by atoms with Crippen molar-refractivity contribution in [1.29, 1.82) is 0 Å². The zero-order valence-corrected chi connectivity index (χ0v) is 15.7. The maximum absolute atomic E-state index is 11.6. The van der Waals surface area contributed by atoms with Gasteiger partial charge in [-0.2, -0.15) is 0 Å². The van der Waals surface area contributed by atoms with Crippen molar-refractivity contribution in [2.24, 2.45) is 5.14 Å². The summed E-state index contributed by atoms with van der Waals surface area (Å²) in [7, 11) is -3.78. The Labute approximate surface area is 157 Å². The van der Waals surface area contributed by atoms with Gasteiger partial charge in [0.15, 0.2) is 0 Å². The van der Waals surface area contributed by atoms with E-state index in [0.29, 0.717) is 11.4 Å². The van der Waals surface area contributed by atoms with Crippen LogP contribution in [0, 0.1) is 6.92 Å². The van der Waals surface area contributed by atoms with E-state index in [0.717, 1.165) is 11.1 Å². The van der Waals surface area contributed by atoms with E-state index >= 15 is 0 Å². The van der Waals surface area contributed by atoms with Gasteiger partial charge >= 0.3 is 5.97 Å². The van der Waals surface area contributed by atoms with Gasteiger partial charge in [0, 0.05) is 18.1 Å². The third kappa shape index (κ3) is 4.24. The molecule has 0 saturated carbocycles. The van der Waals surface area contributed by atoms with Crippen LogP contribution in [0.3, 0.4) is 0 Å². The molecule has 27 heavy (non-hydrogen) atoms. The first-order valence-electron chi connectivity index (χ1n) is 8.29. The van der Waals surface area contributed by atoms with Gasteiger partial charge in [0.2, 0.25) is 15.9 Å². The van der Waals surface area contributed by atoms with Crippen LogP contribution in [0.4, 0.5) is 0 Å². The number of hydrogen-bond acceptors (Lipinski definition) is 5. The number of carbonyl (C=O) groups excluding carboxylic acids is 1. The van der Waals surface area contributed by atoms with E-state index in [1.54, 1.807) is 29.8 Å². The van der Waals surface area contributed by atoms with Crippen molar-refractivity contribution in [3.8, 4) is 22.8 Å². The number of rotatable bonds is 5. The SMILES string of the molecule is CCC(=O)Oc1cc(-c2ccc(C)cc2)n(-c2ccc(S(N)(=O)=O)cc2)n1. The summed E-state index contributed by atoms with van der Waals surface area (Å²) in [4.78, 5) is 11.6.